The summed E-state index contributed by atoms with van der Waals surface area (Å²) >= 11 is 0. The molecule has 0 saturated carbocycles. The van der Waals surface area contributed by atoms with Crippen LogP contribution in [-0.2, 0) is 13.1 Å². The van der Waals surface area contributed by atoms with Crippen molar-refractivity contribution in [3.63, 3.8) is 0 Å². The number of hydrogen-bond acceptors (Lipinski definition) is 12. The van der Waals surface area contributed by atoms with Crippen LogP contribution in [0.25, 0.3) is 22.5 Å². The Morgan fingerprint density at radius 2 is 0.919 bits per heavy atom. The molecule has 2 saturated heterocycles. The van der Waals surface area contributed by atoms with Gasteiger partial charge in [0.25, 0.3) is 0 Å². The van der Waals surface area contributed by atoms with Crippen LogP contribution in [0.3, 0.4) is 0 Å². The van der Waals surface area contributed by atoms with Gasteiger partial charge in [-0.2, -0.15) is 0 Å². The number of anilines is 2. The molecule has 6 aromatic rings. The van der Waals surface area contributed by atoms with Gasteiger partial charge >= 0.3 is 24.1 Å². The molecule has 22 heteroatoms. The van der Waals surface area contributed by atoms with E-state index in [0.29, 0.717) is 22.8 Å². The number of nitrogens with two attached hydrogens (primary N) is 2. The number of imidazole rings is 2. The zero-order valence-corrected chi connectivity index (χ0v) is 44.1. The Labute approximate surface area is 443 Å². The van der Waals surface area contributed by atoms with Gasteiger partial charge < -0.3 is 50.8 Å². The highest BCUT2D eigenvalue weighted by atomic mass is 35.5. The lowest BCUT2D eigenvalue weighted by Gasteiger charge is -2.36. The van der Waals surface area contributed by atoms with Gasteiger partial charge in [-0.3, -0.25) is 18.9 Å². The maximum absolute atomic E-state index is 13.1. The van der Waals surface area contributed by atoms with Gasteiger partial charge in [-0.05, 0) is 85.3 Å². The molecule has 6 N–H and O–H groups in total. The molecule has 74 heavy (non-hydrogen) atoms. The third kappa shape index (κ3) is 14.8. The summed E-state index contributed by atoms with van der Waals surface area (Å²) in [6.45, 7) is 5.21. The van der Waals surface area contributed by atoms with Crippen LogP contribution in [0.2, 0.25) is 0 Å². The number of benzene rings is 4. The van der Waals surface area contributed by atoms with Crippen molar-refractivity contribution in [3.05, 3.63) is 121 Å². The number of primary amides is 2. The van der Waals surface area contributed by atoms with E-state index < -0.39 is 12.1 Å². The summed E-state index contributed by atoms with van der Waals surface area (Å²) < 4.78 is 24.5. The first-order chi connectivity index (χ1) is 34.7. The van der Waals surface area contributed by atoms with Crippen LogP contribution in [0.15, 0.2) is 110 Å². The van der Waals surface area contributed by atoms with Crippen molar-refractivity contribution in [2.45, 2.75) is 50.9 Å². The van der Waals surface area contributed by atoms with Crippen LogP contribution in [0, 0.1) is 0 Å². The maximum Gasteiger partial charge on any atom is 0.329 e. The third-order valence-corrected chi connectivity index (χ3v) is 13.0. The molecule has 2 aliphatic heterocycles. The number of amides is 6. The highest BCUT2D eigenvalue weighted by Crippen LogP contribution is 2.31. The number of rotatable bonds is 14. The number of carbonyl (C=O) groups is 4. The summed E-state index contributed by atoms with van der Waals surface area (Å²) in [6.07, 6.45) is 10.00. The third-order valence-electron chi connectivity index (χ3n) is 13.0. The van der Waals surface area contributed by atoms with Crippen molar-refractivity contribution in [1.82, 2.24) is 38.7 Å². The number of aromatic nitrogens is 4. The zero-order valence-electron chi connectivity index (χ0n) is 42.4. The molecule has 8 rings (SSSR count). The van der Waals surface area contributed by atoms with Crippen molar-refractivity contribution in [3.8, 4) is 45.5 Å². The van der Waals surface area contributed by atoms with Crippen LogP contribution in [0.4, 0.5) is 30.6 Å². The fourth-order valence-electron chi connectivity index (χ4n) is 9.03. The summed E-state index contributed by atoms with van der Waals surface area (Å²) in [5, 5.41) is 5.10. The van der Waals surface area contributed by atoms with E-state index >= 15 is 0 Å². The van der Waals surface area contributed by atoms with E-state index in [0.717, 1.165) is 110 Å². The molecule has 396 valence electrons. The number of likely N-dealkylation sites (tertiary alicyclic amines) is 2. The van der Waals surface area contributed by atoms with Gasteiger partial charge in [0.05, 0.1) is 39.8 Å². The van der Waals surface area contributed by atoms with E-state index in [1.165, 1.54) is 21.8 Å². The molecule has 2 fully saturated rings. The summed E-state index contributed by atoms with van der Waals surface area (Å²) in [5.41, 5.74) is 16.7. The second kappa shape index (κ2) is 27.0. The van der Waals surface area contributed by atoms with E-state index in [2.05, 4.69) is 42.5 Å². The van der Waals surface area contributed by atoms with Crippen LogP contribution in [0.5, 0.6) is 23.0 Å². The standard InChI is InChI=1S/2C26H32N6O4.2ClH/c2*1-30(21-9-11-31(12-10-21)15-18-7-8-23(35-2)24(13-18)36-3)26(34)32-16-22(28-17-32)19-5-4-6-20(14-19)29-25(27)33;;/h2*4-8,13-14,16-17,21H,9-12,15H2,1-3H3,(H3,27,29,33);2*1H. The van der Waals surface area contributed by atoms with E-state index in [4.69, 9.17) is 30.4 Å². The largest absolute Gasteiger partial charge is 0.493 e. The molecule has 2 aromatic heterocycles. The normalized spacial score (nSPS) is 13.9. The molecule has 0 unspecified atom stereocenters. The molecule has 0 bridgehead atoms. The topological polar surface area (TPSA) is 230 Å². The van der Waals surface area contributed by atoms with Gasteiger partial charge in [-0.25, -0.2) is 29.1 Å². The van der Waals surface area contributed by atoms with Crippen LogP contribution in [-0.4, -0.2) is 144 Å². The number of halogens is 2. The molecule has 0 spiro atoms. The number of nitrogens with one attached hydrogen (secondary N) is 2. The second-order valence-electron chi connectivity index (χ2n) is 17.7. The first-order valence-corrected chi connectivity index (χ1v) is 23.6. The van der Waals surface area contributed by atoms with Crippen LogP contribution >= 0.6 is 24.8 Å². The van der Waals surface area contributed by atoms with Crippen molar-refractivity contribution < 1.29 is 38.1 Å². The lowest BCUT2D eigenvalue weighted by atomic mass is 10.0. The first kappa shape index (κ1) is 57.4. The fourth-order valence-corrected chi connectivity index (χ4v) is 9.03. The zero-order chi connectivity index (χ0) is 51.3. The van der Waals surface area contributed by atoms with Gasteiger partial charge in [0.15, 0.2) is 23.0 Å². The number of hydrogen-bond donors (Lipinski definition) is 4. The minimum atomic E-state index is -0.635. The monoisotopic (exact) mass is 1060 g/mol. The number of ether oxygens (including phenoxy) is 4. The Morgan fingerprint density at radius 3 is 1.26 bits per heavy atom. The molecule has 4 aromatic carbocycles. The summed E-state index contributed by atoms with van der Waals surface area (Å²) in [6, 6.07) is 25.1. The maximum atomic E-state index is 13.1. The summed E-state index contributed by atoms with van der Waals surface area (Å²) in [4.78, 5) is 65.7. The van der Waals surface area contributed by atoms with Gasteiger partial charge in [-0.15, -0.1) is 24.8 Å². The highest BCUT2D eigenvalue weighted by Gasteiger charge is 2.28. The average molecular weight is 1060 g/mol. The number of urea groups is 2. The fraction of sp³-hybridized carbons (Fsp3) is 0.346. The van der Waals surface area contributed by atoms with Crippen molar-refractivity contribution in [2.24, 2.45) is 11.5 Å². The number of methoxy groups -OCH3 is 4. The second-order valence-corrected chi connectivity index (χ2v) is 17.7. The highest BCUT2D eigenvalue weighted by molar-refractivity contribution is 5.89. The number of nitrogens with zero attached hydrogens (tertiary/aromatic N) is 8. The van der Waals surface area contributed by atoms with Gasteiger partial charge in [-0.1, -0.05) is 36.4 Å². The van der Waals surface area contributed by atoms with Crippen LogP contribution < -0.4 is 41.0 Å². The van der Waals surface area contributed by atoms with Crippen molar-refractivity contribution >= 4 is 60.3 Å². The molecule has 0 radical (unpaired) electrons. The van der Waals surface area contributed by atoms with Crippen LogP contribution in [0.1, 0.15) is 36.8 Å². The Morgan fingerprint density at radius 1 is 0.554 bits per heavy atom. The van der Waals surface area contributed by atoms with Crippen molar-refractivity contribution in [2.75, 3.05) is 79.3 Å². The Hall–Kier alpha value is -7.52. The molecule has 0 atom stereocenters. The Balaban J connectivity index is 0.000000267. The number of piperidine rings is 2. The predicted octanol–water partition coefficient (Wildman–Crippen LogP) is 8.09. The molecule has 6 amide bonds. The van der Waals surface area contributed by atoms with Gasteiger partial charge in [0.1, 0.15) is 12.7 Å². The van der Waals surface area contributed by atoms with Gasteiger partial charge in [0, 0.05) is 100 Å². The minimum absolute atomic E-state index is 0. The lowest BCUT2D eigenvalue weighted by molar-refractivity contribution is 0.131. The summed E-state index contributed by atoms with van der Waals surface area (Å²) in [5.74, 6) is 2.90. The smallest absolute Gasteiger partial charge is 0.329 e. The molecular formula is C52H66Cl2N12O8. The molecule has 4 heterocycles. The Kier molecular flexibility index (Phi) is 20.9. The minimum Gasteiger partial charge on any atom is -0.493 e. The Bertz CT molecular complexity index is 2640. The molecular weight excluding hydrogens is 992 g/mol. The quantitative estimate of drug-likeness (QED) is 0.0811. The van der Waals surface area contributed by atoms with E-state index in [9.17, 15) is 19.2 Å². The van der Waals surface area contributed by atoms with Gasteiger partial charge in [0.2, 0.25) is 0 Å². The first-order valence-electron chi connectivity index (χ1n) is 23.6. The summed E-state index contributed by atoms with van der Waals surface area (Å²) in [7, 11) is 10.2. The lowest BCUT2D eigenvalue weighted by Crippen LogP contribution is -2.46. The van der Waals surface area contributed by atoms with Crippen molar-refractivity contribution in [1.29, 1.82) is 0 Å². The predicted molar refractivity (Wildman–Crippen MR) is 289 cm³/mol. The van der Waals surface area contributed by atoms with E-state index in [-0.39, 0.29) is 49.0 Å². The molecule has 2 aliphatic rings. The van der Waals surface area contributed by atoms with E-state index in [1.54, 1.807) is 87.0 Å². The SMILES string of the molecule is COc1ccc(CN2CCC(N(C)C(=O)n3cnc(-c4cccc(NC(N)=O)c4)c3)CC2)cc1OC.COc1ccc(CN2CCC(N(C)C(=O)n3cnc(-c4cccc(NC(N)=O)c4)c3)CC2)cc1OC.Cl.Cl. The number of carbonyl (C=O) groups excluding carboxylic acids is 4. The molecule has 20 nitrogen and oxygen atoms in total. The average Bonchev–Trinajstić information content (AvgIpc) is 4.10. The van der Waals surface area contributed by atoms with E-state index in [1.807, 2.05) is 50.5 Å². The molecule has 0 aliphatic carbocycles.